The van der Waals surface area contributed by atoms with E-state index in [9.17, 15) is 9.59 Å². The molecular weight excluding hydrogens is 408 g/mol. The molecule has 1 N–H and O–H groups in total. The molecule has 3 heterocycles. The van der Waals surface area contributed by atoms with Gasteiger partial charge in [-0.05, 0) is 31.2 Å². The summed E-state index contributed by atoms with van der Waals surface area (Å²) in [6.07, 6.45) is 0. The number of hydrogen-bond acceptors (Lipinski definition) is 5. The smallest absolute Gasteiger partial charge is 0.283 e. The maximum atomic E-state index is 13.0. The fourth-order valence-electron chi connectivity index (χ4n) is 3.82. The molecule has 5 aromatic rings. The van der Waals surface area contributed by atoms with Crippen molar-refractivity contribution in [3.05, 3.63) is 87.1 Å². The first-order chi connectivity index (χ1) is 15.5. The van der Waals surface area contributed by atoms with Gasteiger partial charge in [-0.3, -0.25) is 24.1 Å². The maximum Gasteiger partial charge on any atom is 0.299 e. The number of rotatable bonds is 4. The molecule has 5 rings (SSSR count). The highest BCUT2D eigenvalue weighted by molar-refractivity contribution is 5.84. The zero-order chi connectivity index (χ0) is 22.4. The summed E-state index contributed by atoms with van der Waals surface area (Å²) in [7, 11) is 3.54. The predicted molar refractivity (Wildman–Crippen MR) is 121 cm³/mol. The highest BCUT2D eigenvalue weighted by Crippen LogP contribution is 2.25. The molecule has 0 aliphatic heterocycles. The quantitative estimate of drug-likeness (QED) is 0.444. The number of aromatic nitrogens is 6. The zero-order valence-corrected chi connectivity index (χ0v) is 17.7. The van der Waals surface area contributed by atoms with E-state index in [1.165, 1.54) is 9.36 Å². The zero-order valence-electron chi connectivity index (χ0n) is 17.7. The monoisotopic (exact) mass is 428 g/mol. The molecule has 0 saturated heterocycles. The minimum atomic E-state index is -0.289. The van der Waals surface area contributed by atoms with Crippen molar-refractivity contribution in [2.45, 2.75) is 6.92 Å². The van der Waals surface area contributed by atoms with Crippen LogP contribution in [0, 0.1) is 6.92 Å². The third kappa shape index (κ3) is 2.84. The van der Waals surface area contributed by atoms with Gasteiger partial charge in [-0.2, -0.15) is 5.10 Å². The van der Waals surface area contributed by atoms with Crippen LogP contribution in [0.3, 0.4) is 0 Å². The molecule has 10 heteroatoms. The van der Waals surface area contributed by atoms with Crippen molar-refractivity contribution in [2.24, 2.45) is 24.3 Å². The largest absolute Gasteiger partial charge is 0.299 e. The number of para-hydroxylation sites is 2. The molecular formula is C22H20N8O2. The van der Waals surface area contributed by atoms with E-state index < -0.39 is 0 Å². The number of aromatic amines is 1. The number of aryl methyl sites for hydroxylation is 1. The van der Waals surface area contributed by atoms with Crippen molar-refractivity contribution in [3.8, 4) is 11.4 Å². The molecule has 0 saturated carbocycles. The summed E-state index contributed by atoms with van der Waals surface area (Å²) < 4.78 is 6.46. The van der Waals surface area contributed by atoms with Crippen molar-refractivity contribution in [3.63, 3.8) is 0 Å². The summed E-state index contributed by atoms with van der Waals surface area (Å²) in [4.78, 5) is 25.9. The van der Waals surface area contributed by atoms with E-state index in [-0.39, 0.29) is 22.6 Å². The lowest BCUT2D eigenvalue weighted by molar-refractivity contribution is 0.630. The van der Waals surface area contributed by atoms with E-state index in [1.807, 2.05) is 60.7 Å². The number of fused-ring (bicyclic) bond motifs is 1. The molecule has 0 bridgehead atoms. The predicted octanol–water partition coefficient (Wildman–Crippen LogP) is 3.27. The van der Waals surface area contributed by atoms with Crippen LogP contribution in [-0.4, -0.2) is 28.9 Å². The minimum absolute atomic E-state index is 0.208. The number of azo groups is 1. The number of benzene rings is 2. The fraction of sp³-hybridized carbons (Fsp3) is 0.136. The van der Waals surface area contributed by atoms with Crippen LogP contribution in [0.2, 0.25) is 0 Å². The summed E-state index contributed by atoms with van der Waals surface area (Å²) in [6, 6.07) is 18.6. The standard InChI is InChI=1S/C22H20N8O2/c1-14-17(21(31)29(27(14)2)15-10-6-4-7-11-15)23-25-20-19-18(24-26-20)22(32)30(28(19)3)16-12-8-5-9-13-16/h4-13H,1-3H3,(H,24,26). The van der Waals surface area contributed by atoms with Crippen LogP contribution in [0.15, 0.2) is 80.5 Å². The van der Waals surface area contributed by atoms with Crippen molar-refractivity contribution < 1.29 is 0 Å². The van der Waals surface area contributed by atoms with Gasteiger partial charge in [-0.15, -0.1) is 10.2 Å². The van der Waals surface area contributed by atoms with Crippen LogP contribution < -0.4 is 11.1 Å². The second-order valence-corrected chi connectivity index (χ2v) is 7.36. The van der Waals surface area contributed by atoms with Gasteiger partial charge in [0.1, 0.15) is 5.52 Å². The Kier molecular flexibility index (Phi) is 4.47. The highest BCUT2D eigenvalue weighted by atomic mass is 16.1. The number of nitrogens with one attached hydrogen (secondary N) is 1. The molecule has 160 valence electrons. The minimum Gasteiger partial charge on any atom is -0.283 e. The average Bonchev–Trinajstić information content (AvgIpc) is 3.40. The fourth-order valence-corrected chi connectivity index (χ4v) is 3.82. The molecule has 0 fully saturated rings. The first-order valence-corrected chi connectivity index (χ1v) is 9.96. The van der Waals surface area contributed by atoms with E-state index in [1.54, 1.807) is 30.4 Å². The van der Waals surface area contributed by atoms with Gasteiger partial charge >= 0.3 is 0 Å². The molecule has 0 spiro atoms. The van der Waals surface area contributed by atoms with E-state index in [0.717, 1.165) is 11.4 Å². The van der Waals surface area contributed by atoms with Gasteiger partial charge in [0.15, 0.2) is 11.2 Å². The molecule has 0 amide bonds. The first-order valence-electron chi connectivity index (χ1n) is 9.96. The normalized spacial score (nSPS) is 11.7. The molecule has 0 radical (unpaired) electrons. The number of hydrogen-bond donors (Lipinski definition) is 1. The summed E-state index contributed by atoms with van der Waals surface area (Å²) in [5.41, 5.74) is 2.60. The van der Waals surface area contributed by atoms with Crippen molar-refractivity contribution in [2.75, 3.05) is 0 Å². The summed E-state index contributed by atoms with van der Waals surface area (Å²) in [5, 5.41) is 15.3. The Morgan fingerprint density at radius 2 is 1.34 bits per heavy atom. The van der Waals surface area contributed by atoms with Gasteiger partial charge < -0.3 is 0 Å². The van der Waals surface area contributed by atoms with Gasteiger partial charge in [-0.1, -0.05) is 36.4 Å². The molecule has 3 aromatic heterocycles. The Hall–Kier alpha value is -4.47. The van der Waals surface area contributed by atoms with Crippen LogP contribution in [0.4, 0.5) is 11.5 Å². The van der Waals surface area contributed by atoms with Gasteiger partial charge in [0.2, 0.25) is 5.82 Å². The Bertz CT molecular complexity index is 1580. The Balaban J connectivity index is 1.62. The van der Waals surface area contributed by atoms with Crippen LogP contribution in [0.5, 0.6) is 0 Å². The average molecular weight is 428 g/mol. The number of nitrogens with zero attached hydrogens (tertiary/aromatic N) is 7. The molecule has 32 heavy (non-hydrogen) atoms. The lowest BCUT2D eigenvalue weighted by atomic mass is 10.3. The second kappa shape index (κ2) is 7.34. The molecule has 2 aromatic carbocycles. The van der Waals surface area contributed by atoms with Crippen molar-refractivity contribution in [1.82, 2.24) is 28.9 Å². The van der Waals surface area contributed by atoms with Gasteiger partial charge in [-0.25, -0.2) is 9.36 Å². The maximum absolute atomic E-state index is 13.0. The Labute approximate surface area is 181 Å². The SMILES string of the molecule is Cc1c(N=Nc2n[nH]c3c(=O)n(-c4ccccc4)n(C)c23)c(=O)n(-c2ccccc2)n1C. The third-order valence-electron chi connectivity index (χ3n) is 5.52. The van der Waals surface area contributed by atoms with Crippen LogP contribution in [0.1, 0.15) is 5.69 Å². The van der Waals surface area contributed by atoms with E-state index in [0.29, 0.717) is 16.7 Å². The molecule has 0 unspecified atom stereocenters. The summed E-state index contributed by atoms with van der Waals surface area (Å²) in [6.45, 7) is 1.80. The van der Waals surface area contributed by atoms with Gasteiger partial charge in [0, 0.05) is 14.1 Å². The summed E-state index contributed by atoms with van der Waals surface area (Å²) >= 11 is 0. The lowest BCUT2D eigenvalue weighted by Crippen LogP contribution is -2.19. The number of H-pyrrole nitrogens is 1. The van der Waals surface area contributed by atoms with E-state index in [4.69, 9.17) is 0 Å². The summed E-state index contributed by atoms with van der Waals surface area (Å²) in [5.74, 6) is 0.225. The van der Waals surface area contributed by atoms with Crippen LogP contribution in [-0.2, 0) is 14.1 Å². The Morgan fingerprint density at radius 1 is 0.781 bits per heavy atom. The highest BCUT2D eigenvalue weighted by Gasteiger charge is 2.20. The first kappa shape index (κ1) is 19.5. The second-order valence-electron chi connectivity index (χ2n) is 7.36. The van der Waals surface area contributed by atoms with Gasteiger partial charge in [0.25, 0.3) is 11.1 Å². The molecule has 10 nitrogen and oxygen atoms in total. The van der Waals surface area contributed by atoms with Gasteiger partial charge in [0.05, 0.1) is 17.1 Å². The lowest BCUT2D eigenvalue weighted by Gasteiger charge is -2.07. The Morgan fingerprint density at radius 3 is 1.94 bits per heavy atom. The molecule has 0 aliphatic rings. The van der Waals surface area contributed by atoms with Crippen LogP contribution >= 0.6 is 0 Å². The molecule has 0 aliphatic carbocycles. The topological polar surface area (TPSA) is 107 Å². The van der Waals surface area contributed by atoms with E-state index >= 15 is 0 Å². The van der Waals surface area contributed by atoms with Crippen LogP contribution in [0.25, 0.3) is 22.4 Å². The van der Waals surface area contributed by atoms with Crippen molar-refractivity contribution in [1.29, 1.82) is 0 Å². The third-order valence-corrected chi connectivity index (χ3v) is 5.52. The van der Waals surface area contributed by atoms with E-state index in [2.05, 4.69) is 20.4 Å². The van der Waals surface area contributed by atoms with Crippen molar-refractivity contribution >= 4 is 22.5 Å². The molecule has 0 atom stereocenters.